The second kappa shape index (κ2) is 12.6. The molecule has 3 saturated heterocycles. The lowest BCUT2D eigenvalue weighted by molar-refractivity contribution is -0.259. The number of ether oxygens (including phenoxy) is 4. The molecule has 0 radical (unpaired) electrons. The van der Waals surface area contributed by atoms with E-state index in [1.807, 2.05) is 20.8 Å². The molecule has 0 unspecified atom stereocenters. The first-order valence-corrected chi connectivity index (χ1v) is 22.0. The van der Waals surface area contributed by atoms with E-state index in [0.717, 1.165) is 52.2 Å². The van der Waals surface area contributed by atoms with Gasteiger partial charge in [0.05, 0.1) is 43.2 Å². The van der Waals surface area contributed by atoms with Crippen LogP contribution in [-0.4, -0.2) is 114 Å². The number of hydrogen-bond acceptors (Lipinski definition) is 8. The molecule has 3 heterocycles. The van der Waals surface area contributed by atoms with Crippen LogP contribution in [0.3, 0.4) is 0 Å². The van der Waals surface area contributed by atoms with Gasteiger partial charge in [0.15, 0.2) is 6.29 Å². The minimum atomic E-state index is -1.01. The number of aliphatic hydroxyl groups excluding tert-OH is 1. The maximum atomic E-state index is 12.7. The zero-order valence-electron chi connectivity index (χ0n) is 35.8. The van der Waals surface area contributed by atoms with Gasteiger partial charge in [-0.1, -0.05) is 55.4 Å². The Kier molecular flexibility index (Phi) is 9.38. The average Bonchev–Trinajstić information content (AvgIpc) is 3.67. The monoisotopic (exact) mass is 743 g/mol. The highest BCUT2D eigenvalue weighted by atomic mass is 16.7. The first-order chi connectivity index (χ1) is 24.6. The molecule has 8 aliphatic rings. The summed E-state index contributed by atoms with van der Waals surface area (Å²) in [4.78, 5) is 5.28. The maximum absolute atomic E-state index is 12.7. The quantitative estimate of drug-likeness (QED) is 0.272. The molecule has 2 N–H and O–H groups in total. The molecule has 2 spiro atoms. The van der Waals surface area contributed by atoms with Gasteiger partial charge < -0.3 is 29.2 Å². The lowest BCUT2D eigenvalue weighted by Gasteiger charge is -2.64. The summed E-state index contributed by atoms with van der Waals surface area (Å²) in [5.74, 6) is 1.84. The van der Waals surface area contributed by atoms with Crippen molar-refractivity contribution in [1.82, 2.24) is 9.80 Å². The van der Waals surface area contributed by atoms with Crippen molar-refractivity contribution in [1.29, 1.82) is 0 Å². The molecular formula is C45H78N2O6. The Morgan fingerprint density at radius 3 is 2.26 bits per heavy atom. The van der Waals surface area contributed by atoms with E-state index in [-0.39, 0.29) is 46.4 Å². The molecular weight excluding hydrogens is 665 g/mol. The third kappa shape index (κ3) is 5.69. The molecule has 0 aromatic carbocycles. The van der Waals surface area contributed by atoms with Crippen molar-refractivity contribution in [3.05, 3.63) is 0 Å². The number of fused-ring (bicyclic) bond motifs is 4. The average molecular weight is 743 g/mol. The molecule has 8 rings (SSSR count). The van der Waals surface area contributed by atoms with Crippen molar-refractivity contribution < 1.29 is 29.2 Å². The molecule has 8 nitrogen and oxygen atoms in total. The zero-order chi connectivity index (χ0) is 38.4. The second-order valence-corrected chi connectivity index (χ2v) is 23.2. The van der Waals surface area contributed by atoms with Crippen LogP contribution >= 0.6 is 0 Å². The Morgan fingerprint density at radius 1 is 0.925 bits per heavy atom. The van der Waals surface area contributed by atoms with Gasteiger partial charge in [0.2, 0.25) is 0 Å². The number of rotatable bonds is 8. The first kappa shape index (κ1) is 39.5. The van der Waals surface area contributed by atoms with Crippen LogP contribution in [0, 0.1) is 56.2 Å². The largest absolute Gasteiger partial charge is 0.390 e. The van der Waals surface area contributed by atoms with Gasteiger partial charge in [0, 0.05) is 43.7 Å². The summed E-state index contributed by atoms with van der Waals surface area (Å²) in [6.07, 6.45) is 8.07. The van der Waals surface area contributed by atoms with Gasteiger partial charge in [-0.2, -0.15) is 0 Å². The van der Waals surface area contributed by atoms with Gasteiger partial charge in [-0.05, 0) is 130 Å². The molecule has 5 aliphatic carbocycles. The normalized spacial score (nSPS) is 49.8. The third-order valence-corrected chi connectivity index (χ3v) is 18.1. The number of aliphatic hydroxyl groups is 2. The van der Waals surface area contributed by atoms with Crippen molar-refractivity contribution in [2.75, 3.05) is 45.9 Å². The third-order valence-electron chi connectivity index (χ3n) is 18.1. The van der Waals surface area contributed by atoms with Crippen LogP contribution in [0.15, 0.2) is 0 Å². The van der Waals surface area contributed by atoms with Gasteiger partial charge in [-0.25, -0.2) is 0 Å². The number of hydrogen-bond donors (Lipinski definition) is 2. The van der Waals surface area contributed by atoms with E-state index in [9.17, 15) is 10.2 Å². The predicted octanol–water partition coefficient (Wildman–Crippen LogP) is 7.14. The lowest BCUT2D eigenvalue weighted by atomic mass is 9.41. The highest BCUT2D eigenvalue weighted by Crippen LogP contribution is 2.89. The Bertz CT molecular complexity index is 1390. The van der Waals surface area contributed by atoms with Gasteiger partial charge >= 0.3 is 0 Å². The molecule has 8 fully saturated rings. The van der Waals surface area contributed by atoms with Crippen molar-refractivity contribution in [2.45, 2.75) is 182 Å². The fourth-order valence-electron chi connectivity index (χ4n) is 16.0. The van der Waals surface area contributed by atoms with Crippen molar-refractivity contribution >= 4 is 0 Å². The zero-order valence-corrected chi connectivity index (χ0v) is 35.8. The van der Waals surface area contributed by atoms with Gasteiger partial charge in [-0.3, -0.25) is 9.80 Å². The van der Waals surface area contributed by atoms with Crippen LogP contribution in [0.5, 0.6) is 0 Å². The van der Waals surface area contributed by atoms with E-state index in [1.54, 1.807) is 0 Å². The van der Waals surface area contributed by atoms with E-state index in [2.05, 4.69) is 72.1 Å². The SMILES string of the molecule is CCO[C@@H]([C@H]1C[C@@H](C)[C@H]2[C@H](O1)[C@H](O)[C@@]1(C)[C@@H]3CC[C@H]4C(C)(C)[C@@H](O[C@H]5CN(C6(C)CN(CC(C)(C)C)C6)CCO5)CC[C@@]45C[C@@]35CC[C@]21C)C(C)(C)O. The van der Waals surface area contributed by atoms with Crippen LogP contribution in [0.2, 0.25) is 0 Å². The van der Waals surface area contributed by atoms with E-state index >= 15 is 0 Å². The molecule has 3 aliphatic heterocycles. The first-order valence-electron chi connectivity index (χ1n) is 22.0. The van der Waals surface area contributed by atoms with E-state index in [0.29, 0.717) is 46.5 Å². The molecule has 0 bridgehead atoms. The molecule has 0 aromatic rings. The summed E-state index contributed by atoms with van der Waals surface area (Å²) in [5.41, 5.74) is 0.0651. The van der Waals surface area contributed by atoms with Crippen LogP contribution in [0.1, 0.15) is 134 Å². The Morgan fingerprint density at radius 2 is 1.60 bits per heavy atom. The molecule has 0 amide bonds. The smallest absolute Gasteiger partial charge is 0.170 e. The van der Waals surface area contributed by atoms with Crippen molar-refractivity contribution in [2.24, 2.45) is 56.2 Å². The minimum absolute atomic E-state index is 0.0186. The fraction of sp³-hybridized carbons (Fsp3) is 1.00. The van der Waals surface area contributed by atoms with E-state index in [4.69, 9.17) is 18.9 Å². The summed E-state index contributed by atoms with van der Waals surface area (Å²) in [6, 6.07) is 0. The number of morpholine rings is 1. The minimum Gasteiger partial charge on any atom is -0.390 e. The Labute approximate surface area is 322 Å². The van der Waals surface area contributed by atoms with E-state index in [1.165, 1.54) is 38.5 Å². The van der Waals surface area contributed by atoms with Crippen molar-refractivity contribution in [3.8, 4) is 0 Å². The highest BCUT2D eigenvalue weighted by molar-refractivity contribution is 5.33. The Hall–Kier alpha value is -0.320. The van der Waals surface area contributed by atoms with Crippen LogP contribution in [0.4, 0.5) is 0 Å². The molecule has 14 atom stereocenters. The van der Waals surface area contributed by atoms with Gasteiger partial charge in [0.1, 0.15) is 6.10 Å². The molecule has 53 heavy (non-hydrogen) atoms. The summed E-state index contributed by atoms with van der Waals surface area (Å²) in [6.45, 7) is 34.1. The fourth-order valence-corrected chi connectivity index (χ4v) is 16.0. The standard InChI is InChI=1S/C45H78N2O6/c1-13-50-37(40(8,9)49)29-22-28(2)34-35(52-29)36(48)43(12)31-15-14-30-39(6,7)32(16-17-44(30)24-45(31,44)19-18-42(34,43)11)53-33-23-47(20-21-51-33)41(10)26-46(27-41)25-38(3,4)5/h28-37,48-49H,13-27H2,1-12H3/t28-,29-,30+,31+,32+,33+,34+,35+,36+,37+,42-,43-,44-,45+/m1/s1. The topological polar surface area (TPSA) is 83.9 Å². The summed E-state index contributed by atoms with van der Waals surface area (Å²) < 4.78 is 26.6. The summed E-state index contributed by atoms with van der Waals surface area (Å²) in [5, 5.41) is 23.8. The van der Waals surface area contributed by atoms with E-state index < -0.39 is 17.8 Å². The van der Waals surface area contributed by atoms with Crippen LogP contribution in [0.25, 0.3) is 0 Å². The second-order valence-electron chi connectivity index (χ2n) is 23.2. The highest BCUT2D eigenvalue weighted by Gasteiger charge is 2.84. The Balaban J connectivity index is 0.972. The van der Waals surface area contributed by atoms with Crippen LogP contribution < -0.4 is 0 Å². The summed E-state index contributed by atoms with van der Waals surface area (Å²) in [7, 11) is 0. The molecule has 5 saturated carbocycles. The molecule has 0 aromatic heterocycles. The lowest BCUT2D eigenvalue weighted by Crippen LogP contribution is -2.71. The number of nitrogens with zero attached hydrogens (tertiary/aromatic N) is 2. The summed E-state index contributed by atoms with van der Waals surface area (Å²) >= 11 is 0. The van der Waals surface area contributed by atoms with Crippen LogP contribution in [-0.2, 0) is 18.9 Å². The predicted molar refractivity (Wildman–Crippen MR) is 208 cm³/mol. The molecule has 304 valence electrons. The molecule has 8 heteroatoms. The maximum Gasteiger partial charge on any atom is 0.170 e. The van der Waals surface area contributed by atoms with Gasteiger partial charge in [-0.15, -0.1) is 0 Å². The van der Waals surface area contributed by atoms with Crippen molar-refractivity contribution in [3.63, 3.8) is 0 Å². The number of likely N-dealkylation sites (tertiary alicyclic amines) is 1. The van der Waals surface area contributed by atoms with Gasteiger partial charge in [0.25, 0.3) is 0 Å².